The molecule has 2 amide bonds. The van der Waals surface area contributed by atoms with Crippen molar-refractivity contribution in [2.75, 3.05) is 5.32 Å². The standard InChI is InChI=1S/C12H13BrN2O2/c1-7-4-8(13)6-9(5-7)14-12(17)10-2-3-11(16)15-10/h4-6,10H,2-3H2,1H3,(H,14,17)(H,15,16)/t10-/m1/s1. The first-order chi connectivity index (χ1) is 8.04. The highest BCUT2D eigenvalue weighted by atomic mass is 79.9. The Hall–Kier alpha value is -1.36. The molecule has 1 heterocycles. The van der Waals surface area contributed by atoms with Gasteiger partial charge in [0, 0.05) is 16.6 Å². The van der Waals surface area contributed by atoms with Crippen LogP contribution < -0.4 is 10.6 Å². The lowest BCUT2D eigenvalue weighted by Gasteiger charge is -2.11. The molecule has 0 aliphatic carbocycles. The Balaban J connectivity index is 2.05. The van der Waals surface area contributed by atoms with Crippen molar-refractivity contribution in [3.8, 4) is 0 Å². The first-order valence-electron chi connectivity index (χ1n) is 5.42. The van der Waals surface area contributed by atoms with Gasteiger partial charge in [-0.1, -0.05) is 15.9 Å². The number of amides is 2. The van der Waals surface area contributed by atoms with Gasteiger partial charge in [-0.25, -0.2) is 0 Å². The molecule has 5 heteroatoms. The van der Waals surface area contributed by atoms with E-state index < -0.39 is 6.04 Å². The fraction of sp³-hybridized carbons (Fsp3) is 0.333. The average molecular weight is 297 g/mol. The molecule has 1 fully saturated rings. The van der Waals surface area contributed by atoms with Crippen LogP contribution in [-0.4, -0.2) is 17.9 Å². The van der Waals surface area contributed by atoms with Gasteiger partial charge in [0.05, 0.1) is 0 Å². The Bertz CT molecular complexity index is 453. The summed E-state index contributed by atoms with van der Waals surface area (Å²) < 4.78 is 0.920. The van der Waals surface area contributed by atoms with Gasteiger partial charge in [-0.3, -0.25) is 9.59 Å². The number of anilines is 1. The summed E-state index contributed by atoms with van der Waals surface area (Å²) in [6.07, 6.45) is 0.993. The van der Waals surface area contributed by atoms with Crippen LogP contribution in [0.25, 0.3) is 0 Å². The van der Waals surface area contributed by atoms with Crippen LogP contribution in [0.5, 0.6) is 0 Å². The van der Waals surface area contributed by atoms with Gasteiger partial charge in [-0.15, -0.1) is 0 Å². The van der Waals surface area contributed by atoms with Crippen LogP contribution >= 0.6 is 15.9 Å². The van der Waals surface area contributed by atoms with E-state index in [1.54, 1.807) is 0 Å². The average Bonchev–Trinajstić information content (AvgIpc) is 2.63. The second kappa shape index (κ2) is 4.87. The smallest absolute Gasteiger partial charge is 0.246 e. The third-order valence-electron chi connectivity index (χ3n) is 2.62. The van der Waals surface area contributed by atoms with E-state index in [1.807, 2.05) is 25.1 Å². The Kier molecular flexibility index (Phi) is 3.47. The monoisotopic (exact) mass is 296 g/mol. The van der Waals surface area contributed by atoms with Gasteiger partial charge in [0.25, 0.3) is 0 Å². The van der Waals surface area contributed by atoms with Crippen molar-refractivity contribution in [2.24, 2.45) is 0 Å². The molecule has 1 saturated heterocycles. The molecule has 0 aromatic heterocycles. The second-order valence-corrected chi connectivity index (χ2v) is 5.08. The molecule has 1 aromatic carbocycles. The molecule has 2 N–H and O–H groups in total. The number of rotatable bonds is 2. The third-order valence-corrected chi connectivity index (χ3v) is 3.08. The lowest BCUT2D eigenvalue weighted by atomic mass is 10.2. The topological polar surface area (TPSA) is 58.2 Å². The lowest BCUT2D eigenvalue weighted by Crippen LogP contribution is -2.37. The minimum Gasteiger partial charge on any atom is -0.344 e. The summed E-state index contributed by atoms with van der Waals surface area (Å²) in [6, 6.07) is 5.29. The summed E-state index contributed by atoms with van der Waals surface area (Å²) in [5.41, 5.74) is 1.80. The van der Waals surface area contributed by atoms with Gasteiger partial charge in [-0.05, 0) is 37.1 Å². The zero-order valence-corrected chi connectivity index (χ0v) is 11.0. The molecule has 1 aromatic rings. The minimum atomic E-state index is -0.401. The van der Waals surface area contributed by atoms with E-state index in [-0.39, 0.29) is 11.8 Å². The Morgan fingerprint density at radius 2 is 2.24 bits per heavy atom. The molecule has 90 valence electrons. The van der Waals surface area contributed by atoms with Gasteiger partial charge in [-0.2, -0.15) is 0 Å². The Morgan fingerprint density at radius 1 is 1.47 bits per heavy atom. The summed E-state index contributed by atoms with van der Waals surface area (Å²) in [4.78, 5) is 22.9. The number of carbonyl (C=O) groups excluding carboxylic acids is 2. The Morgan fingerprint density at radius 3 is 2.82 bits per heavy atom. The molecule has 1 aliphatic rings. The molecule has 0 unspecified atom stereocenters. The number of benzene rings is 1. The molecule has 0 saturated carbocycles. The molecule has 1 aliphatic heterocycles. The van der Waals surface area contributed by atoms with Gasteiger partial charge >= 0.3 is 0 Å². The predicted molar refractivity (Wildman–Crippen MR) is 68.7 cm³/mol. The molecule has 0 radical (unpaired) electrons. The maximum Gasteiger partial charge on any atom is 0.246 e. The molecular formula is C12H13BrN2O2. The van der Waals surface area contributed by atoms with Crippen LogP contribution in [0.15, 0.2) is 22.7 Å². The van der Waals surface area contributed by atoms with Crippen LogP contribution in [0.2, 0.25) is 0 Å². The lowest BCUT2D eigenvalue weighted by molar-refractivity contribution is -0.122. The van der Waals surface area contributed by atoms with Gasteiger partial charge in [0.2, 0.25) is 11.8 Å². The zero-order valence-electron chi connectivity index (χ0n) is 9.42. The third kappa shape index (κ3) is 3.06. The van der Waals surface area contributed by atoms with E-state index in [2.05, 4.69) is 26.6 Å². The molecule has 0 bridgehead atoms. The fourth-order valence-electron chi connectivity index (χ4n) is 1.85. The normalized spacial score (nSPS) is 18.9. The van der Waals surface area contributed by atoms with E-state index in [0.29, 0.717) is 12.8 Å². The van der Waals surface area contributed by atoms with Crippen LogP contribution in [-0.2, 0) is 9.59 Å². The molecule has 0 spiro atoms. The number of hydrogen-bond acceptors (Lipinski definition) is 2. The number of nitrogens with one attached hydrogen (secondary N) is 2. The minimum absolute atomic E-state index is 0.0597. The maximum absolute atomic E-state index is 11.8. The van der Waals surface area contributed by atoms with Crippen molar-refractivity contribution in [3.05, 3.63) is 28.2 Å². The van der Waals surface area contributed by atoms with Crippen molar-refractivity contribution < 1.29 is 9.59 Å². The zero-order chi connectivity index (χ0) is 12.4. The number of carbonyl (C=O) groups is 2. The van der Waals surface area contributed by atoms with Gasteiger partial charge in [0.1, 0.15) is 6.04 Å². The maximum atomic E-state index is 11.8. The van der Waals surface area contributed by atoms with E-state index in [1.165, 1.54) is 0 Å². The summed E-state index contributed by atoms with van der Waals surface area (Å²) in [5.74, 6) is -0.219. The number of aryl methyl sites for hydroxylation is 1. The predicted octanol–water partition coefficient (Wildman–Crippen LogP) is 1.97. The van der Waals surface area contributed by atoms with Crippen molar-refractivity contribution >= 4 is 33.4 Å². The SMILES string of the molecule is Cc1cc(Br)cc(NC(=O)[C@H]2CCC(=O)N2)c1. The quantitative estimate of drug-likeness (QED) is 0.877. The first-order valence-corrected chi connectivity index (χ1v) is 6.21. The first kappa shape index (κ1) is 12.1. The summed E-state index contributed by atoms with van der Waals surface area (Å²) in [6.45, 7) is 1.96. The van der Waals surface area contributed by atoms with Crippen LogP contribution in [0.1, 0.15) is 18.4 Å². The molecule has 17 heavy (non-hydrogen) atoms. The molecule has 2 rings (SSSR count). The van der Waals surface area contributed by atoms with E-state index in [9.17, 15) is 9.59 Å². The highest BCUT2D eigenvalue weighted by molar-refractivity contribution is 9.10. The summed E-state index contributed by atoms with van der Waals surface area (Å²) >= 11 is 3.37. The van der Waals surface area contributed by atoms with Crippen molar-refractivity contribution in [3.63, 3.8) is 0 Å². The van der Waals surface area contributed by atoms with Crippen molar-refractivity contribution in [2.45, 2.75) is 25.8 Å². The van der Waals surface area contributed by atoms with E-state index >= 15 is 0 Å². The van der Waals surface area contributed by atoms with Gasteiger partial charge in [0.15, 0.2) is 0 Å². The van der Waals surface area contributed by atoms with Crippen LogP contribution in [0.3, 0.4) is 0 Å². The fourth-order valence-corrected chi connectivity index (χ4v) is 2.46. The van der Waals surface area contributed by atoms with Crippen molar-refractivity contribution in [1.82, 2.24) is 5.32 Å². The van der Waals surface area contributed by atoms with Gasteiger partial charge < -0.3 is 10.6 Å². The van der Waals surface area contributed by atoms with E-state index in [4.69, 9.17) is 0 Å². The second-order valence-electron chi connectivity index (χ2n) is 4.17. The summed E-state index contributed by atoms with van der Waals surface area (Å²) in [5, 5.41) is 5.44. The number of hydrogen-bond donors (Lipinski definition) is 2. The van der Waals surface area contributed by atoms with Crippen molar-refractivity contribution in [1.29, 1.82) is 0 Å². The Labute approximate surface area is 108 Å². The van der Waals surface area contributed by atoms with Crippen LogP contribution in [0.4, 0.5) is 5.69 Å². The summed E-state index contributed by atoms with van der Waals surface area (Å²) in [7, 11) is 0. The largest absolute Gasteiger partial charge is 0.344 e. The van der Waals surface area contributed by atoms with Crippen LogP contribution in [0, 0.1) is 6.92 Å². The molecule has 4 nitrogen and oxygen atoms in total. The molecular weight excluding hydrogens is 284 g/mol. The highest BCUT2D eigenvalue weighted by Gasteiger charge is 2.27. The highest BCUT2D eigenvalue weighted by Crippen LogP contribution is 2.19. The molecule has 1 atom stereocenters. The van der Waals surface area contributed by atoms with E-state index in [0.717, 1.165) is 15.7 Å². The number of halogens is 1.